The Hall–Kier alpha value is -3.31. The lowest BCUT2D eigenvalue weighted by atomic mass is 10.0. The number of hydrogen-bond acceptors (Lipinski definition) is 6. The summed E-state index contributed by atoms with van der Waals surface area (Å²) in [6, 6.07) is 19.2. The van der Waals surface area contributed by atoms with Crippen LogP contribution in [0.3, 0.4) is 0 Å². The third kappa shape index (κ3) is 8.99. The van der Waals surface area contributed by atoms with E-state index < -0.39 is 22.9 Å². The standard InChI is InChI=1S/C19H21N5OS.C3H3F3O/c1-14(15-6-3-2-4-7-15)13-22-18-10-11-21-19(24-18)23-16-8-5-9-17(12-16)26(20)25;1-2(7)3(4,5)6/h2-12,14H,13,20H2,1H3,(H2,21,22,23,24);1H3. The van der Waals surface area contributed by atoms with E-state index in [0.717, 1.165) is 18.1 Å². The molecule has 1 aromatic heterocycles. The molecule has 0 aliphatic rings. The molecule has 0 aliphatic heterocycles. The van der Waals surface area contributed by atoms with Crippen LogP contribution in [0.25, 0.3) is 0 Å². The molecule has 2 aromatic carbocycles. The van der Waals surface area contributed by atoms with E-state index in [2.05, 4.69) is 39.7 Å². The second kappa shape index (κ2) is 12.1. The van der Waals surface area contributed by atoms with Crippen LogP contribution >= 0.6 is 0 Å². The monoisotopic (exact) mass is 479 g/mol. The predicted molar refractivity (Wildman–Crippen MR) is 122 cm³/mol. The van der Waals surface area contributed by atoms with Crippen molar-refractivity contribution in [1.82, 2.24) is 9.97 Å². The van der Waals surface area contributed by atoms with Crippen molar-refractivity contribution in [3.63, 3.8) is 0 Å². The van der Waals surface area contributed by atoms with Crippen LogP contribution in [0, 0.1) is 0 Å². The van der Waals surface area contributed by atoms with E-state index >= 15 is 0 Å². The lowest BCUT2D eigenvalue weighted by Gasteiger charge is -2.14. The smallest absolute Gasteiger partial charge is 0.369 e. The average Bonchev–Trinajstić information content (AvgIpc) is 2.78. The Bertz CT molecular complexity index is 1080. The fourth-order valence-corrected chi connectivity index (χ4v) is 2.96. The molecule has 0 radical (unpaired) electrons. The summed E-state index contributed by atoms with van der Waals surface area (Å²) in [6.07, 6.45) is -2.95. The quantitative estimate of drug-likeness (QED) is 0.459. The van der Waals surface area contributed by atoms with Crippen molar-refractivity contribution in [2.45, 2.75) is 30.8 Å². The normalized spacial score (nSPS) is 12.7. The van der Waals surface area contributed by atoms with Crippen molar-refractivity contribution >= 4 is 34.2 Å². The summed E-state index contributed by atoms with van der Waals surface area (Å²) in [4.78, 5) is 18.6. The van der Waals surface area contributed by atoms with Gasteiger partial charge < -0.3 is 10.6 Å². The molecule has 2 atom stereocenters. The first-order valence-electron chi connectivity index (χ1n) is 9.79. The second-order valence-electron chi connectivity index (χ2n) is 6.96. The summed E-state index contributed by atoms with van der Waals surface area (Å²) in [5.74, 6) is -0.197. The molecule has 2 unspecified atom stereocenters. The zero-order valence-electron chi connectivity index (χ0n) is 18.0. The summed E-state index contributed by atoms with van der Waals surface area (Å²) in [5.41, 5.74) is 2.01. The van der Waals surface area contributed by atoms with E-state index in [1.165, 1.54) is 5.56 Å². The average molecular weight is 480 g/mol. The SMILES string of the molecule is CC(=O)C(F)(F)F.CC(CNc1ccnc(Nc2cccc(S(N)=O)c2)n1)c1ccccc1. The van der Waals surface area contributed by atoms with Crippen molar-refractivity contribution in [2.24, 2.45) is 5.14 Å². The molecule has 0 amide bonds. The van der Waals surface area contributed by atoms with E-state index in [4.69, 9.17) is 5.14 Å². The number of nitrogens with zero attached hydrogens (tertiary/aromatic N) is 2. The third-order valence-corrected chi connectivity index (χ3v) is 5.05. The highest BCUT2D eigenvalue weighted by molar-refractivity contribution is 7.82. The van der Waals surface area contributed by atoms with Gasteiger partial charge in [0.15, 0.2) is 0 Å². The third-order valence-electron chi connectivity index (χ3n) is 4.34. The summed E-state index contributed by atoms with van der Waals surface area (Å²) in [7, 11) is -1.52. The summed E-state index contributed by atoms with van der Waals surface area (Å²) in [6.45, 7) is 3.42. The maximum absolute atomic E-state index is 11.4. The van der Waals surface area contributed by atoms with E-state index in [1.54, 1.807) is 24.4 Å². The Morgan fingerprint density at radius 1 is 1.12 bits per heavy atom. The molecule has 0 saturated carbocycles. The Labute approximate surface area is 192 Å². The molecule has 3 rings (SSSR count). The summed E-state index contributed by atoms with van der Waals surface area (Å²) < 4.78 is 43.9. The minimum absolute atomic E-state index is 0.360. The van der Waals surface area contributed by atoms with Gasteiger partial charge in [0.1, 0.15) is 16.8 Å². The van der Waals surface area contributed by atoms with Crippen molar-refractivity contribution in [1.29, 1.82) is 0 Å². The van der Waals surface area contributed by atoms with Gasteiger partial charge in [0.05, 0.1) is 4.90 Å². The zero-order valence-corrected chi connectivity index (χ0v) is 18.8. The van der Waals surface area contributed by atoms with Crippen LogP contribution in [0.4, 0.5) is 30.6 Å². The van der Waals surface area contributed by atoms with Gasteiger partial charge in [-0.3, -0.25) is 4.79 Å². The Kier molecular flexibility index (Phi) is 9.49. The van der Waals surface area contributed by atoms with Gasteiger partial charge in [-0.05, 0) is 35.7 Å². The highest BCUT2D eigenvalue weighted by Gasteiger charge is 2.33. The van der Waals surface area contributed by atoms with Gasteiger partial charge in [0.2, 0.25) is 11.7 Å². The summed E-state index contributed by atoms with van der Waals surface area (Å²) >= 11 is 0. The Morgan fingerprint density at radius 2 is 1.79 bits per heavy atom. The topological polar surface area (TPSA) is 110 Å². The fourth-order valence-electron chi connectivity index (χ4n) is 2.50. The van der Waals surface area contributed by atoms with Gasteiger partial charge >= 0.3 is 6.18 Å². The second-order valence-corrected chi connectivity index (χ2v) is 8.03. The van der Waals surface area contributed by atoms with Crippen molar-refractivity contribution < 1.29 is 22.2 Å². The van der Waals surface area contributed by atoms with E-state index in [0.29, 0.717) is 23.7 Å². The molecule has 0 spiro atoms. The molecule has 0 fully saturated rings. The molecule has 11 heteroatoms. The maximum Gasteiger partial charge on any atom is 0.449 e. The number of carbonyl (C=O) groups excluding carboxylic acids is 1. The van der Waals surface area contributed by atoms with Crippen LogP contribution in [0.5, 0.6) is 0 Å². The van der Waals surface area contributed by atoms with Gasteiger partial charge in [-0.1, -0.05) is 43.3 Å². The minimum Gasteiger partial charge on any atom is -0.369 e. The number of halogens is 3. The molecule has 33 heavy (non-hydrogen) atoms. The summed E-state index contributed by atoms with van der Waals surface area (Å²) in [5, 5.41) is 11.9. The van der Waals surface area contributed by atoms with Crippen molar-refractivity contribution in [3.05, 3.63) is 72.4 Å². The predicted octanol–water partition coefficient (Wildman–Crippen LogP) is 4.55. The number of ketones is 1. The number of aromatic nitrogens is 2. The number of anilines is 3. The highest BCUT2D eigenvalue weighted by atomic mass is 32.2. The fraction of sp³-hybridized carbons (Fsp3) is 0.227. The molecule has 0 saturated heterocycles. The first-order chi connectivity index (χ1) is 15.6. The molecule has 0 aliphatic carbocycles. The zero-order chi connectivity index (χ0) is 24.4. The van der Waals surface area contributed by atoms with Gasteiger partial charge in [0, 0.05) is 25.4 Å². The number of benzene rings is 2. The van der Waals surface area contributed by atoms with Crippen LogP contribution in [0.2, 0.25) is 0 Å². The van der Waals surface area contributed by atoms with E-state index in [1.807, 2.05) is 30.3 Å². The van der Waals surface area contributed by atoms with Crippen molar-refractivity contribution in [3.8, 4) is 0 Å². The lowest BCUT2D eigenvalue weighted by molar-refractivity contribution is -0.168. The van der Waals surface area contributed by atoms with Crippen LogP contribution in [0.1, 0.15) is 25.3 Å². The minimum atomic E-state index is -4.64. The molecule has 1 heterocycles. The molecule has 0 bridgehead atoms. The number of alkyl halides is 3. The van der Waals surface area contributed by atoms with Gasteiger partial charge in [-0.15, -0.1) is 0 Å². The molecule has 4 N–H and O–H groups in total. The molecule has 7 nitrogen and oxygen atoms in total. The molecule has 3 aromatic rings. The first-order valence-corrected chi connectivity index (χ1v) is 11.0. The van der Waals surface area contributed by atoms with Crippen LogP contribution in [-0.4, -0.2) is 32.7 Å². The molecule has 176 valence electrons. The number of nitrogens with two attached hydrogens (primary N) is 1. The number of carbonyl (C=O) groups is 1. The molecular formula is C22H24F3N5O2S. The van der Waals surface area contributed by atoms with Gasteiger partial charge in [-0.25, -0.2) is 14.3 Å². The van der Waals surface area contributed by atoms with Crippen molar-refractivity contribution in [2.75, 3.05) is 17.2 Å². The maximum atomic E-state index is 11.4. The van der Waals surface area contributed by atoms with E-state index in [-0.39, 0.29) is 0 Å². The van der Waals surface area contributed by atoms with Crippen LogP contribution in [0.15, 0.2) is 71.8 Å². The van der Waals surface area contributed by atoms with Gasteiger partial charge in [0.25, 0.3) is 0 Å². The highest BCUT2D eigenvalue weighted by Crippen LogP contribution is 2.19. The largest absolute Gasteiger partial charge is 0.449 e. The molecular weight excluding hydrogens is 455 g/mol. The number of Topliss-reactive ketones (excluding diaryl/α,β-unsaturated/α-hetero) is 1. The lowest BCUT2D eigenvalue weighted by Crippen LogP contribution is -2.18. The number of nitrogens with one attached hydrogen (secondary N) is 2. The number of hydrogen-bond donors (Lipinski definition) is 3. The van der Waals surface area contributed by atoms with Crippen LogP contribution in [-0.2, 0) is 15.8 Å². The van der Waals surface area contributed by atoms with E-state index in [9.17, 15) is 22.2 Å². The van der Waals surface area contributed by atoms with Crippen LogP contribution < -0.4 is 15.8 Å². The Morgan fingerprint density at radius 3 is 2.39 bits per heavy atom. The first kappa shape index (κ1) is 25.9. The number of rotatable bonds is 7. The Balaban J connectivity index is 0.000000479. The van der Waals surface area contributed by atoms with Gasteiger partial charge in [-0.2, -0.15) is 18.2 Å².